The Labute approximate surface area is 238 Å². The Bertz CT molecular complexity index is 1160. The Morgan fingerprint density at radius 2 is 1.77 bits per heavy atom. The number of aryl methyl sites for hydroxylation is 2. The van der Waals surface area contributed by atoms with Crippen LogP contribution in [0.1, 0.15) is 58.1 Å². The minimum absolute atomic E-state index is 0.0673. The van der Waals surface area contributed by atoms with Crippen LogP contribution < -0.4 is 10.6 Å². The Kier molecular flexibility index (Phi) is 8.13. The van der Waals surface area contributed by atoms with Gasteiger partial charge in [-0.15, -0.1) is 0 Å². The number of likely N-dealkylation sites (N-methyl/N-ethyl adjacent to an activating group) is 1. The van der Waals surface area contributed by atoms with Crippen molar-refractivity contribution in [3.05, 3.63) is 41.5 Å². The number of hydrogen-bond donors (Lipinski definition) is 2. The molecule has 2 bridgehead atoms. The summed E-state index contributed by atoms with van der Waals surface area (Å²) in [4.78, 5) is 46.0. The van der Waals surface area contributed by atoms with Crippen molar-refractivity contribution in [1.82, 2.24) is 15.1 Å². The van der Waals surface area contributed by atoms with Gasteiger partial charge in [0.2, 0.25) is 17.7 Å². The summed E-state index contributed by atoms with van der Waals surface area (Å²) in [5.41, 5.74) is 1.68. The molecule has 4 aliphatic rings. The zero-order valence-electron chi connectivity index (χ0n) is 24.9. The molecule has 3 fully saturated rings. The van der Waals surface area contributed by atoms with Crippen LogP contribution in [-0.2, 0) is 19.1 Å². The first-order valence-electron chi connectivity index (χ1n) is 15.2. The Morgan fingerprint density at radius 3 is 2.45 bits per heavy atom. The number of likely N-dealkylation sites (tertiary alicyclic amines) is 1. The van der Waals surface area contributed by atoms with Crippen molar-refractivity contribution in [2.45, 2.75) is 84.6 Å². The van der Waals surface area contributed by atoms with Crippen LogP contribution in [0, 0.1) is 37.5 Å². The lowest BCUT2D eigenvalue weighted by Crippen LogP contribution is -2.58. The Hall–Kier alpha value is -2.71. The van der Waals surface area contributed by atoms with E-state index in [2.05, 4.69) is 49.3 Å². The molecular weight excluding hydrogens is 504 g/mol. The third-order valence-corrected chi connectivity index (χ3v) is 10.0. The molecule has 1 aromatic rings. The number of benzene rings is 1. The van der Waals surface area contributed by atoms with E-state index in [1.807, 2.05) is 38.1 Å². The van der Waals surface area contributed by atoms with Crippen molar-refractivity contribution in [3.63, 3.8) is 0 Å². The molecule has 0 radical (unpaired) electrons. The van der Waals surface area contributed by atoms with Crippen molar-refractivity contribution in [3.8, 4) is 0 Å². The van der Waals surface area contributed by atoms with Crippen LogP contribution >= 0.6 is 0 Å². The number of amides is 3. The highest BCUT2D eigenvalue weighted by Gasteiger charge is 2.72. The van der Waals surface area contributed by atoms with Gasteiger partial charge in [-0.2, -0.15) is 0 Å². The standard InChI is InChI=1S/C32H46N4O4/c1-7-35(8-2)14-15-36-28(30(38)34-24-11-9-10-21(5)22(24)6)32-13-12-25(40-32)26(27(32)31(36)39)29(37)33-23-17-19(3)16-20(4)18-23/h12-13,16-18,21-22,24-28H,7-11,14-15H2,1-6H3,(H,33,37)(H,34,38)/t21-,22+,24+,25-,26+,27-,28-,32-/m0/s1. The van der Waals surface area contributed by atoms with Gasteiger partial charge in [-0.05, 0) is 68.5 Å². The van der Waals surface area contributed by atoms with Crippen LogP contribution in [0.3, 0.4) is 0 Å². The SMILES string of the molecule is CCN(CC)CCN1C(=O)[C@@H]2[C@H](C(=O)Nc3cc(C)cc(C)c3)[C@@H]3C=C[C@@]2(O3)[C@@H]1C(=O)N[C@@H]1CCC[C@H](C)[C@H]1C. The van der Waals surface area contributed by atoms with Gasteiger partial charge in [0.05, 0.1) is 17.9 Å². The first kappa shape index (κ1) is 28.8. The second-order valence-electron chi connectivity index (χ2n) is 12.5. The molecule has 8 heteroatoms. The molecule has 8 atom stereocenters. The number of nitrogens with zero attached hydrogens (tertiary/aromatic N) is 2. The highest BCUT2D eigenvalue weighted by molar-refractivity contribution is 6.02. The van der Waals surface area contributed by atoms with Crippen LogP contribution in [0.25, 0.3) is 0 Å². The van der Waals surface area contributed by atoms with Crippen LogP contribution in [-0.4, -0.2) is 77.5 Å². The molecule has 2 saturated heterocycles. The minimum Gasteiger partial charge on any atom is -0.359 e. The van der Waals surface area contributed by atoms with Gasteiger partial charge in [0.1, 0.15) is 11.6 Å². The second-order valence-corrected chi connectivity index (χ2v) is 12.5. The van der Waals surface area contributed by atoms with Crippen molar-refractivity contribution in [1.29, 1.82) is 0 Å². The monoisotopic (exact) mass is 550 g/mol. The molecule has 1 aliphatic carbocycles. The van der Waals surface area contributed by atoms with Crippen LogP contribution in [0.5, 0.6) is 0 Å². The van der Waals surface area contributed by atoms with Gasteiger partial charge in [0.15, 0.2) is 0 Å². The topological polar surface area (TPSA) is 91.0 Å². The van der Waals surface area contributed by atoms with Gasteiger partial charge in [0, 0.05) is 24.8 Å². The summed E-state index contributed by atoms with van der Waals surface area (Å²) in [6.07, 6.45) is 6.44. The van der Waals surface area contributed by atoms with E-state index in [1.54, 1.807) is 4.90 Å². The summed E-state index contributed by atoms with van der Waals surface area (Å²) < 4.78 is 6.52. The molecular formula is C32H46N4O4. The Morgan fingerprint density at radius 1 is 1.07 bits per heavy atom. The van der Waals surface area contributed by atoms with E-state index in [-0.39, 0.29) is 23.8 Å². The molecule has 1 aromatic carbocycles. The summed E-state index contributed by atoms with van der Waals surface area (Å²) in [7, 11) is 0. The van der Waals surface area contributed by atoms with Crippen molar-refractivity contribution < 1.29 is 19.1 Å². The maximum Gasteiger partial charge on any atom is 0.246 e. The number of anilines is 1. The van der Waals surface area contributed by atoms with Crippen LogP contribution in [0.2, 0.25) is 0 Å². The molecule has 0 unspecified atom stereocenters. The number of ether oxygens (including phenoxy) is 1. The zero-order chi connectivity index (χ0) is 28.8. The number of carbonyl (C=O) groups excluding carboxylic acids is 3. The summed E-state index contributed by atoms with van der Waals surface area (Å²) in [5, 5.41) is 6.38. The molecule has 40 heavy (non-hydrogen) atoms. The molecule has 3 amide bonds. The fraction of sp³-hybridized carbons (Fsp3) is 0.656. The van der Waals surface area contributed by atoms with E-state index in [0.717, 1.165) is 37.1 Å². The lowest BCUT2D eigenvalue weighted by molar-refractivity contribution is -0.141. The number of nitrogens with one attached hydrogen (secondary N) is 2. The zero-order valence-corrected chi connectivity index (χ0v) is 24.9. The fourth-order valence-electron chi connectivity index (χ4n) is 7.62. The summed E-state index contributed by atoms with van der Waals surface area (Å²) in [6.45, 7) is 15.4. The third kappa shape index (κ3) is 4.98. The van der Waals surface area contributed by atoms with Gasteiger partial charge in [0.25, 0.3) is 0 Å². The van der Waals surface area contributed by atoms with Gasteiger partial charge < -0.3 is 25.2 Å². The highest BCUT2D eigenvalue weighted by atomic mass is 16.5. The summed E-state index contributed by atoms with van der Waals surface area (Å²) in [5.74, 6) is -1.10. The predicted molar refractivity (Wildman–Crippen MR) is 156 cm³/mol. The molecule has 8 nitrogen and oxygen atoms in total. The largest absolute Gasteiger partial charge is 0.359 e. The van der Waals surface area contributed by atoms with E-state index < -0.39 is 29.6 Å². The van der Waals surface area contributed by atoms with Gasteiger partial charge >= 0.3 is 0 Å². The van der Waals surface area contributed by atoms with E-state index in [1.165, 1.54) is 6.42 Å². The lowest BCUT2D eigenvalue weighted by Gasteiger charge is -2.38. The van der Waals surface area contributed by atoms with Crippen LogP contribution in [0.15, 0.2) is 30.4 Å². The maximum absolute atomic E-state index is 14.2. The quantitative estimate of drug-likeness (QED) is 0.458. The van der Waals surface area contributed by atoms with Crippen molar-refractivity contribution in [2.24, 2.45) is 23.7 Å². The second kappa shape index (κ2) is 11.3. The molecule has 5 rings (SSSR count). The predicted octanol–water partition coefficient (Wildman–Crippen LogP) is 3.68. The maximum atomic E-state index is 14.2. The highest BCUT2D eigenvalue weighted by Crippen LogP contribution is 2.55. The lowest BCUT2D eigenvalue weighted by atomic mass is 9.73. The molecule has 3 aliphatic heterocycles. The summed E-state index contributed by atoms with van der Waals surface area (Å²) in [6, 6.07) is 5.18. The minimum atomic E-state index is -1.14. The number of carbonyl (C=O) groups is 3. The smallest absolute Gasteiger partial charge is 0.246 e. The molecule has 218 valence electrons. The van der Waals surface area contributed by atoms with Crippen molar-refractivity contribution in [2.75, 3.05) is 31.5 Å². The average molecular weight is 551 g/mol. The first-order valence-corrected chi connectivity index (χ1v) is 15.2. The van der Waals surface area contributed by atoms with Crippen molar-refractivity contribution >= 4 is 23.4 Å². The van der Waals surface area contributed by atoms with Crippen LogP contribution in [0.4, 0.5) is 5.69 Å². The van der Waals surface area contributed by atoms with Gasteiger partial charge in [-0.1, -0.05) is 58.8 Å². The molecule has 3 heterocycles. The number of hydrogen-bond acceptors (Lipinski definition) is 5. The average Bonchev–Trinajstić information content (AvgIpc) is 3.54. The molecule has 1 spiro atoms. The number of fused-ring (bicyclic) bond motifs is 1. The van der Waals surface area contributed by atoms with Gasteiger partial charge in [-0.3, -0.25) is 14.4 Å². The van der Waals surface area contributed by atoms with Gasteiger partial charge in [-0.25, -0.2) is 0 Å². The summed E-state index contributed by atoms with van der Waals surface area (Å²) >= 11 is 0. The van der Waals surface area contributed by atoms with E-state index in [0.29, 0.717) is 30.6 Å². The normalized spacial score (nSPS) is 34.4. The molecule has 0 aromatic heterocycles. The molecule has 2 N–H and O–H groups in total. The van der Waals surface area contributed by atoms with E-state index in [4.69, 9.17) is 4.74 Å². The third-order valence-electron chi connectivity index (χ3n) is 10.0. The number of rotatable bonds is 9. The van der Waals surface area contributed by atoms with E-state index >= 15 is 0 Å². The first-order chi connectivity index (χ1) is 19.1. The Balaban J connectivity index is 1.44. The molecule has 1 saturated carbocycles. The van der Waals surface area contributed by atoms with E-state index in [9.17, 15) is 14.4 Å². The fourth-order valence-corrected chi connectivity index (χ4v) is 7.62.